The number of aromatic carboxylic acids is 2. The van der Waals surface area contributed by atoms with Crippen molar-refractivity contribution in [3.05, 3.63) is 118 Å². The van der Waals surface area contributed by atoms with Gasteiger partial charge >= 0.3 is 11.9 Å². The van der Waals surface area contributed by atoms with Gasteiger partial charge < -0.3 is 25.6 Å². The number of carbonyl (C=O) groups is 4. The molecule has 41 heavy (non-hydrogen) atoms. The fourth-order valence-corrected chi connectivity index (χ4v) is 3.76. The van der Waals surface area contributed by atoms with Crippen LogP contribution >= 0.6 is 0 Å². The van der Waals surface area contributed by atoms with Crippen LogP contribution in [0.25, 0.3) is 0 Å². The van der Waals surface area contributed by atoms with Gasteiger partial charge in [0.15, 0.2) is 0 Å². The average Bonchev–Trinajstić information content (AvgIpc) is 2.97. The quantitative estimate of drug-likeness (QED) is 0.219. The van der Waals surface area contributed by atoms with E-state index in [0.29, 0.717) is 22.5 Å². The van der Waals surface area contributed by atoms with E-state index in [9.17, 15) is 29.4 Å². The first-order valence-corrected chi connectivity index (χ1v) is 11.9. The topological polar surface area (TPSA) is 142 Å². The molecule has 200 valence electrons. The van der Waals surface area contributed by atoms with Gasteiger partial charge in [0.25, 0.3) is 11.8 Å². The van der Waals surface area contributed by atoms with E-state index in [1.807, 2.05) is 0 Å². The summed E-state index contributed by atoms with van der Waals surface area (Å²) >= 11 is 0. The maximum absolute atomic E-state index is 12.8. The number of carboxylic acid groups (broad SMARTS) is 2. The number of benzene rings is 4. The van der Waals surface area contributed by atoms with E-state index in [4.69, 9.17) is 17.6 Å². The third kappa shape index (κ3) is 6.58. The predicted octanol–water partition coefficient (Wildman–Crippen LogP) is 5.34. The van der Waals surface area contributed by atoms with Gasteiger partial charge in [-0.2, -0.15) is 0 Å². The first kappa shape index (κ1) is 27.7. The van der Waals surface area contributed by atoms with Crippen molar-refractivity contribution >= 4 is 35.1 Å². The zero-order chi connectivity index (χ0) is 29.5. The Morgan fingerprint density at radius 3 is 1.24 bits per heavy atom. The average molecular weight is 545 g/mol. The van der Waals surface area contributed by atoms with Crippen molar-refractivity contribution in [3.63, 3.8) is 0 Å². The molecule has 0 saturated carbocycles. The standard InChI is InChI=1S/C32H20N2O7/c1-3-19-5-9-21(10-6-19)33-29(35)25-15-13-23(17-27(25)31(37)38)41-24-14-16-26(28(18-24)32(39)40)30(36)34-22-11-7-20(4-2)8-12-22/h1-2,5-18H,(H,33,35)(H,34,36)(H,37,38)(H,39,40). The number of hydrogen-bond acceptors (Lipinski definition) is 5. The van der Waals surface area contributed by atoms with Gasteiger partial charge in [0.1, 0.15) is 11.5 Å². The number of hydrogen-bond donors (Lipinski definition) is 4. The van der Waals surface area contributed by atoms with Gasteiger partial charge in [0, 0.05) is 22.5 Å². The zero-order valence-corrected chi connectivity index (χ0v) is 21.2. The highest BCUT2D eigenvalue weighted by Gasteiger charge is 2.21. The molecule has 4 N–H and O–H groups in total. The SMILES string of the molecule is C#Cc1ccc(NC(=O)c2ccc(Oc3ccc(C(=O)Nc4ccc(C#C)cc4)c(C(=O)O)c3)cc2C(=O)O)cc1. The molecule has 0 radical (unpaired) electrons. The number of carbonyl (C=O) groups excluding carboxylic acids is 2. The number of ether oxygens (including phenoxy) is 1. The lowest BCUT2D eigenvalue weighted by Crippen LogP contribution is -2.17. The van der Waals surface area contributed by atoms with Gasteiger partial charge in [-0.05, 0) is 84.9 Å². The highest BCUT2D eigenvalue weighted by Crippen LogP contribution is 2.27. The largest absolute Gasteiger partial charge is 0.478 e. The Labute approximate surface area is 234 Å². The highest BCUT2D eigenvalue weighted by molar-refractivity contribution is 6.11. The molecule has 4 aromatic carbocycles. The lowest BCUT2D eigenvalue weighted by atomic mass is 10.1. The minimum absolute atomic E-state index is 0.0273. The van der Waals surface area contributed by atoms with E-state index >= 15 is 0 Å². The second kappa shape index (κ2) is 12.0. The number of amides is 2. The number of rotatable bonds is 8. The third-order valence-electron chi connectivity index (χ3n) is 5.79. The van der Waals surface area contributed by atoms with Crippen LogP contribution in [-0.4, -0.2) is 34.0 Å². The lowest BCUT2D eigenvalue weighted by molar-refractivity contribution is 0.0683. The summed E-state index contributed by atoms with van der Waals surface area (Å²) in [4.78, 5) is 49.4. The molecule has 0 aliphatic heterocycles. The first-order valence-electron chi connectivity index (χ1n) is 11.9. The Morgan fingerprint density at radius 1 is 0.561 bits per heavy atom. The maximum atomic E-state index is 12.8. The zero-order valence-electron chi connectivity index (χ0n) is 21.2. The van der Waals surface area contributed by atoms with E-state index in [0.717, 1.165) is 12.1 Å². The van der Waals surface area contributed by atoms with Crippen molar-refractivity contribution in [1.29, 1.82) is 0 Å². The van der Waals surface area contributed by atoms with Crippen LogP contribution in [0.5, 0.6) is 11.5 Å². The monoisotopic (exact) mass is 544 g/mol. The van der Waals surface area contributed by atoms with Crippen LogP contribution in [0.15, 0.2) is 84.9 Å². The molecule has 0 heterocycles. The van der Waals surface area contributed by atoms with Crippen LogP contribution in [-0.2, 0) is 0 Å². The lowest BCUT2D eigenvalue weighted by Gasteiger charge is -2.13. The fraction of sp³-hybridized carbons (Fsp3) is 0. The van der Waals surface area contributed by atoms with Gasteiger partial charge in [-0.25, -0.2) is 9.59 Å². The summed E-state index contributed by atoms with van der Waals surface area (Å²) < 4.78 is 5.69. The van der Waals surface area contributed by atoms with Crippen molar-refractivity contribution in [1.82, 2.24) is 0 Å². The molecular weight excluding hydrogens is 524 g/mol. The summed E-state index contributed by atoms with van der Waals surface area (Å²) in [6, 6.07) is 20.4. The molecule has 4 aromatic rings. The molecule has 0 atom stereocenters. The minimum Gasteiger partial charge on any atom is -0.478 e. The third-order valence-corrected chi connectivity index (χ3v) is 5.79. The molecule has 0 bridgehead atoms. The molecule has 0 saturated heterocycles. The minimum atomic E-state index is -1.38. The van der Waals surface area contributed by atoms with Crippen molar-refractivity contribution in [2.24, 2.45) is 0 Å². The predicted molar refractivity (Wildman–Crippen MR) is 152 cm³/mol. The molecule has 0 aliphatic carbocycles. The van der Waals surface area contributed by atoms with Crippen molar-refractivity contribution < 1.29 is 34.1 Å². The Balaban J connectivity index is 1.55. The van der Waals surface area contributed by atoms with Crippen LogP contribution in [0.1, 0.15) is 52.6 Å². The summed E-state index contributed by atoms with van der Waals surface area (Å²) in [5.74, 6) is 0.882. The molecule has 9 heteroatoms. The second-order valence-electron chi connectivity index (χ2n) is 8.48. The van der Waals surface area contributed by atoms with E-state index in [-0.39, 0.29) is 33.8 Å². The molecule has 4 rings (SSSR count). The Morgan fingerprint density at radius 2 is 0.927 bits per heavy atom. The summed E-state index contributed by atoms with van der Waals surface area (Å²) in [6.07, 6.45) is 10.7. The highest BCUT2D eigenvalue weighted by atomic mass is 16.5. The van der Waals surface area contributed by atoms with Crippen molar-refractivity contribution in [2.75, 3.05) is 10.6 Å². The van der Waals surface area contributed by atoms with Gasteiger partial charge in [0.05, 0.1) is 22.3 Å². The Hall–Kier alpha value is -6.32. The van der Waals surface area contributed by atoms with Crippen LogP contribution in [0.3, 0.4) is 0 Å². The molecule has 9 nitrogen and oxygen atoms in total. The first-order chi connectivity index (χ1) is 19.7. The number of terminal acetylenes is 2. The smallest absolute Gasteiger partial charge is 0.336 e. The van der Waals surface area contributed by atoms with Crippen molar-refractivity contribution in [3.8, 4) is 36.2 Å². The molecule has 0 spiro atoms. The van der Waals surface area contributed by atoms with E-state index in [2.05, 4.69) is 22.5 Å². The van der Waals surface area contributed by atoms with Crippen LogP contribution in [0.4, 0.5) is 11.4 Å². The number of nitrogens with one attached hydrogen (secondary N) is 2. The van der Waals surface area contributed by atoms with Crippen molar-refractivity contribution in [2.45, 2.75) is 0 Å². The fourth-order valence-electron chi connectivity index (χ4n) is 3.76. The number of carboxylic acids is 2. The summed E-state index contributed by atoms with van der Waals surface area (Å²) in [5, 5.41) is 24.6. The summed E-state index contributed by atoms with van der Waals surface area (Å²) in [5.41, 5.74) is 1.13. The number of anilines is 2. The molecule has 0 fully saturated rings. The maximum Gasteiger partial charge on any atom is 0.336 e. The molecule has 0 unspecified atom stereocenters. The summed E-state index contributed by atoms with van der Waals surface area (Å²) in [6.45, 7) is 0. The van der Waals surface area contributed by atoms with Gasteiger partial charge in [-0.15, -0.1) is 12.8 Å². The van der Waals surface area contributed by atoms with E-state index in [1.54, 1.807) is 48.5 Å². The second-order valence-corrected chi connectivity index (χ2v) is 8.48. The Kier molecular flexibility index (Phi) is 8.13. The normalized spacial score (nSPS) is 10.0. The van der Waals surface area contributed by atoms with Gasteiger partial charge in [0.2, 0.25) is 0 Å². The van der Waals surface area contributed by atoms with E-state index < -0.39 is 23.8 Å². The summed E-state index contributed by atoms with van der Waals surface area (Å²) in [7, 11) is 0. The van der Waals surface area contributed by atoms with Gasteiger partial charge in [-0.3, -0.25) is 9.59 Å². The molecule has 0 aromatic heterocycles. The van der Waals surface area contributed by atoms with Crippen LogP contribution in [0, 0.1) is 24.7 Å². The van der Waals surface area contributed by atoms with Crippen LogP contribution < -0.4 is 15.4 Å². The Bertz CT molecular complexity index is 1630. The van der Waals surface area contributed by atoms with Gasteiger partial charge in [-0.1, -0.05) is 11.8 Å². The van der Waals surface area contributed by atoms with E-state index in [1.165, 1.54) is 24.3 Å². The molecule has 0 aliphatic rings. The molecular formula is C32H20N2O7. The van der Waals surface area contributed by atoms with Crippen LogP contribution in [0.2, 0.25) is 0 Å². The molecule has 2 amide bonds.